The molecule has 1 amide bonds. The average molecular weight is 465 g/mol. The van der Waals surface area contributed by atoms with E-state index in [1.807, 2.05) is 35.0 Å². The quantitative estimate of drug-likeness (QED) is 0.455. The van der Waals surface area contributed by atoms with Crippen LogP contribution < -0.4 is 0 Å². The highest BCUT2D eigenvalue weighted by Gasteiger charge is 2.32. The van der Waals surface area contributed by atoms with Crippen LogP contribution in [0.1, 0.15) is 5.56 Å². The Bertz CT molecular complexity index is 1420. The van der Waals surface area contributed by atoms with Crippen molar-refractivity contribution in [3.63, 3.8) is 0 Å². The average Bonchev–Trinajstić information content (AvgIpc) is 3.35. The van der Waals surface area contributed by atoms with E-state index in [-0.39, 0.29) is 29.7 Å². The number of carbonyl (C=O) groups is 1. The number of piperazine rings is 1. The molecule has 0 bridgehead atoms. The Morgan fingerprint density at radius 2 is 1.70 bits per heavy atom. The van der Waals surface area contributed by atoms with E-state index in [4.69, 9.17) is 0 Å². The molecule has 4 aromatic rings. The molecule has 0 spiro atoms. The highest BCUT2D eigenvalue weighted by atomic mass is 32.2. The molecule has 1 saturated heterocycles. The van der Waals surface area contributed by atoms with Gasteiger partial charge in [0.25, 0.3) is 0 Å². The van der Waals surface area contributed by atoms with Gasteiger partial charge in [0.2, 0.25) is 15.9 Å². The van der Waals surface area contributed by atoms with Crippen LogP contribution in [0.2, 0.25) is 0 Å². The maximum Gasteiger partial charge on any atom is 0.243 e. The van der Waals surface area contributed by atoms with E-state index in [1.54, 1.807) is 29.6 Å². The number of hydrogen-bond acceptors (Lipinski definition) is 4. The van der Waals surface area contributed by atoms with Crippen molar-refractivity contribution < 1.29 is 17.6 Å². The lowest BCUT2D eigenvalue weighted by atomic mass is 10.1. The lowest BCUT2D eigenvalue weighted by Crippen LogP contribution is -2.51. The van der Waals surface area contributed by atoms with Gasteiger partial charge in [-0.3, -0.25) is 4.79 Å². The Balaban J connectivity index is 1.28. The molecular formula is C24H21FN4O3S. The summed E-state index contributed by atoms with van der Waals surface area (Å²) >= 11 is 0. The summed E-state index contributed by atoms with van der Waals surface area (Å²) in [5.41, 5.74) is 1.93. The van der Waals surface area contributed by atoms with Crippen molar-refractivity contribution >= 4 is 26.7 Å². The van der Waals surface area contributed by atoms with E-state index in [0.717, 1.165) is 11.3 Å². The molecule has 0 N–H and O–H groups in total. The molecule has 2 heterocycles. The van der Waals surface area contributed by atoms with Crippen molar-refractivity contribution in [2.24, 2.45) is 0 Å². The number of fused-ring (bicyclic) bond motifs is 1. The van der Waals surface area contributed by atoms with E-state index < -0.39 is 10.0 Å². The molecule has 1 fully saturated rings. The molecule has 33 heavy (non-hydrogen) atoms. The second kappa shape index (κ2) is 8.42. The molecule has 0 saturated carbocycles. The van der Waals surface area contributed by atoms with Gasteiger partial charge >= 0.3 is 0 Å². The van der Waals surface area contributed by atoms with Crippen molar-refractivity contribution in [2.45, 2.75) is 11.4 Å². The molecule has 1 aliphatic rings. The van der Waals surface area contributed by atoms with E-state index in [1.165, 1.54) is 28.6 Å². The fourth-order valence-corrected chi connectivity index (χ4v) is 5.39. The molecule has 0 radical (unpaired) electrons. The summed E-state index contributed by atoms with van der Waals surface area (Å²) < 4.78 is 42.8. The van der Waals surface area contributed by atoms with E-state index in [9.17, 15) is 17.6 Å². The number of aromatic nitrogens is 2. The second-order valence-electron chi connectivity index (χ2n) is 7.94. The minimum atomic E-state index is -3.84. The number of rotatable bonds is 5. The number of sulfonamides is 1. The molecule has 3 aromatic carbocycles. The van der Waals surface area contributed by atoms with Crippen LogP contribution in [-0.4, -0.2) is 52.7 Å². The summed E-state index contributed by atoms with van der Waals surface area (Å²) in [6.45, 7) is 0.720. The number of amides is 1. The minimum absolute atomic E-state index is 0.0953. The largest absolute Gasteiger partial charge is 0.336 e. The molecule has 5 rings (SSSR count). The van der Waals surface area contributed by atoms with Crippen LogP contribution in [0.5, 0.6) is 0 Å². The first-order chi connectivity index (χ1) is 15.9. The van der Waals surface area contributed by atoms with E-state index >= 15 is 0 Å². The van der Waals surface area contributed by atoms with Gasteiger partial charge in [-0.05, 0) is 52.7 Å². The fraction of sp³-hybridized carbons (Fsp3) is 0.167. The fourth-order valence-electron chi connectivity index (χ4n) is 3.97. The Labute approximate surface area is 190 Å². The number of halogens is 1. The second-order valence-corrected chi connectivity index (χ2v) is 9.88. The number of benzene rings is 3. The van der Waals surface area contributed by atoms with Crippen LogP contribution in [0.15, 0.2) is 84.3 Å². The van der Waals surface area contributed by atoms with Gasteiger partial charge in [-0.15, -0.1) is 0 Å². The summed E-state index contributed by atoms with van der Waals surface area (Å²) in [5, 5.41) is 1.25. The molecule has 0 atom stereocenters. The van der Waals surface area contributed by atoms with Crippen LogP contribution >= 0.6 is 0 Å². The highest BCUT2D eigenvalue weighted by Crippen LogP contribution is 2.24. The van der Waals surface area contributed by atoms with Gasteiger partial charge < -0.3 is 9.47 Å². The summed E-state index contributed by atoms with van der Waals surface area (Å²) in [4.78, 5) is 18.6. The maximum atomic E-state index is 13.4. The first kappa shape index (κ1) is 21.3. The lowest BCUT2D eigenvalue weighted by molar-refractivity contribution is -0.134. The third-order valence-corrected chi connectivity index (χ3v) is 7.65. The van der Waals surface area contributed by atoms with Crippen molar-refractivity contribution in [3.8, 4) is 5.69 Å². The molecule has 0 aliphatic carbocycles. The minimum Gasteiger partial charge on any atom is -0.336 e. The topological polar surface area (TPSA) is 75.5 Å². The van der Waals surface area contributed by atoms with Crippen LogP contribution in [-0.2, 0) is 21.4 Å². The smallest absolute Gasteiger partial charge is 0.243 e. The monoisotopic (exact) mass is 464 g/mol. The first-order valence-corrected chi connectivity index (χ1v) is 11.9. The maximum absolute atomic E-state index is 13.4. The predicted molar refractivity (Wildman–Crippen MR) is 122 cm³/mol. The van der Waals surface area contributed by atoms with Crippen LogP contribution in [0.3, 0.4) is 0 Å². The SMILES string of the molecule is O=C1CN(S(=O)(=O)c2ccc3cc(F)ccc3c2)CCN1Cc1ccc(-n2ccnc2)cc1. The number of hydrogen-bond donors (Lipinski definition) is 0. The summed E-state index contributed by atoms with van der Waals surface area (Å²) in [5.74, 6) is -0.623. The molecule has 9 heteroatoms. The van der Waals surface area contributed by atoms with Gasteiger partial charge in [0.05, 0.1) is 17.8 Å². The summed E-state index contributed by atoms with van der Waals surface area (Å²) in [6.07, 6.45) is 5.27. The summed E-state index contributed by atoms with van der Waals surface area (Å²) in [7, 11) is -3.84. The van der Waals surface area contributed by atoms with Gasteiger partial charge in [0.1, 0.15) is 5.82 Å². The Morgan fingerprint density at radius 1 is 0.939 bits per heavy atom. The number of imidazole rings is 1. The van der Waals surface area contributed by atoms with Crippen LogP contribution in [0, 0.1) is 5.82 Å². The number of carbonyl (C=O) groups excluding carboxylic acids is 1. The zero-order chi connectivity index (χ0) is 23.0. The molecule has 1 aliphatic heterocycles. The first-order valence-electron chi connectivity index (χ1n) is 10.4. The predicted octanol–water partition coefficient (Wildman–Crippen LogP) is 3.20. The lowest BCUT2D eigenvalue weighted by Gasteiger charge is -2.33. The van der Waals surface area contributed by atoms with E-state index in [2.05, 4.69) is 4.98 Å². The standard InChI is InChI=1S/C24H21FN4O3S/c25-21-5-3-20-14-23(8-4-19(20)13-21)33(31,32)29-12-11-27(24(30)16-29)15-18-1-6-22(7-2-18)28-10-9-26-17-28/h1-10,13-14,17H,11-12,15-16H2. The molecule has 168 valence electrons. The van der Waals surface area contributed by atoms with Crippen LogP contribution in [0.25, 0.3) is 16.5 Å². The van der Waals surface area contributed by atoms with Gasteiger partial charge in [0, 0.05) is 37.7 Å². The Morgan fingerprint density at radius 3 is 2.42 bits per heavy atom. The molecule has 7 nitrogen and oxygen atoms in total. The van der Waals surface area contributed by atoms with Crippen molar-refractivity contribution in [1.82, 2.24) is 18.8 Å². The van der Waals surface area contributed by atoms with E-state index in [0.29, 0.717) is 23.9 Å². The summed E-state index contributed by atoms with van der Waals surface area (Å²) in [6, 6.07) is 16.5. The van der Waals surface area contributed by atoms with Crippen molar-refractivity contribution in [1.29, 1.82) is 0 Å². The zero-order valence-corrected chi connectivity index (χ0v) is 18.5. The highest BCUT2D eigenvalue weighted by molar-refractivity contribution is 7.89. The molecule has 0 unspecified atom stereocenters. The molecule has 1 aromatic heterocycles. The van der Waals surface area contributed by atoms with Gasteiger partial charge in [-0.2, -0.15) is 4.31 Å². The third-order valence-electron chi connectivity index (χ3n) is 5.81. The van der Waals surface area contributed by atoms with Gasteiger partial charge in [-0.25, -0.2) is 17.8 Å². The Hall–Kier alpha value is -3.56. The van der Waals surface area contributed by atoms with Crippen molar-refractivity contribution in [2.75, 3.05) is 19.6 Å². The number of nitrogens with zero attached hydrogens (tertiary/aromatic N) is 4. The Kier molecular flexibility index (Phi) is 5.43. The normalized spacial score (nSPS) is 15.3. The van der Waals surface area contributed by atoms with Gasteiger partial charge in [0.15, 0.2) is 0 Å². The molecular weight excluding hydrogens is 443 g/mol. The van der Waals surface area contributed by atoms with Crippen LogP contribution in [0.4, 0.5) is 4.39 Å². The van der Waals surface area contributed by atoms with Crippen molar-refractivity contribution in [3.05, 3.63) is 90.8 Å². The van der Waals surface area contributed by atoms with Gasteiger partial charge in [-0.1, -0.05) is 24.3 Å². The third kappa shape index (κ3) is 4.24. The zero-order valence-electron chi connectivity index (χ0n) is 17.6.